The molecule has 6 heteroatoms. The average molecular weight is 290 g/mol. The van der Waals surface area contributed by atoms with Crippen LogP contribution in [-0.2, 0) is 4.79 Å². The van der Waals surface area contributed by atoms with Crippen LogP contribution < -0.4 is 5.32 Å². The number of halogens is 1. The van der Waals surface area contributed by atoms with Crippen LogP contribution in [0.25, 0.3) is 0 Å². The molecule has 0 unspecified atom stereocenters. The average Bonchev–Trinajstić information content (AvgIpc) is 2.95. The van der Waals surface area contributed by atoms with Gasteiger partial charge in [-0.15, -0.1) is 0 Å². The van der Waals surface area contributed by atoms with Gasteiger partial charge in [0.25, 0.3) is 0 Å². The Labute approximate surface area is 121 Å². The van der Waals surface area contributed by atoms with Gasteiger partial charge in [-0.05, 0) is 37.3 Å². The number of carboxylic acid groups (broad SMARTS) is 1. The summed E-state index contributed by atoms with van der Waals surface area (Å²) in [5, 5.41) is 11.3. The molecule has 2 rings (SSSR count). The Hall–Kier alpha value is -2.63. The third kappa shape index (κ3) is 3.68. The predicted molar refractivity (Wildman–Crippen MR) is 75.7 cm³/mol. The van der Waals surface area contributed by atoms with Crippen molar-refractivity contribution in [2.75, 3.05) is 5.32 Å². The normalized spacial score (nSPS) is 11.9. The summed E-state index contributed by atoms with van der Waals surface area (Å²) in [5.41, 5.74) is -0.204. The summed E-state index contributed by atoms with van der Waals surface area (Å²) < 4.78 is 15.5. The number of carbonyl (C=O) groups is 2. The van der Waals surface area contributed by atoms with E-state index in [0.717, 1.165) is 18.2 Å². The highest BCUT2D eigenvalue weighted by molar-refractivity contribution is 5.94. The number of nitrogens with zero attached hydrogens (tertiary/aromatic N) is 1. The van der Waals surface area contributed by atoms with Gasteiger partial charge in [0, 0.05) is 24.9 Å². The maximum atomic E-state index is 13.6. The van der Waals surface area contributed by atoms with Crippen LogP contribution in [0.5, 0.6) is 0 Å². The van der Waals surface area contributed by atoms with Gasteiger partial charge in [-0.2, -0.15) is 0 Å². The number of aromatic nitrogens is 1. The molecule has 2 N–H and O–H groups in total. The van der Waals surface area contributed by atoms with Gasteiger partial charge < -0.3 is 15.0 Å². The second kappa shape index (κ2) is 6.21. The van der Waals surface area contributed by atoms with Crippen LogP contribution in [0.2, 0.25) is 0 Å². The van der Waals surface area contributed by atoms with E-state index in [-0.39, 0.29) is 29.6 Å². The SMILES string of the molecule is C[C@@H](CC(=O)Nc1cc(C(=O)O)ccc1F)n1cccc1. The molecule has 1 atom stereocenters. The summed E-state index contributed by atoms with van der Waals surface area (Å²) in [6.45, 7) is 1.86. The lowest BCUT2D eigenvalue weighted by molar-refractivity contribution is -0.116. The van der Waals surface area contributed by atoms with Crippen molar-refractivity contribution in [2.45, 2.75) is 19.4 Å². The number of aromatic carboxylic acids is 1. The number of hydrogen-bond acceptors (Lipinski definition) is 2. The maximum Gasteiger partial charge on any atom is 0.335 e. The number of benzene rings is 1. The van der Waals surface area contributed by atoms with E-state index in [1.54, 1.807) is 0 Å². The summed E-state index contributed by atoms with van der Waals surface area (Å²) in [7, 11) is 0. The fraction of sp³-hybridized carbons (Fsp3) is 0.200. The summed E-state index contributed by atoms with van der Waals surface area (Å²) in [5.74, 6) is -2.22. The van der Waals surface area contributed by atoms with Crippen molar-refractivity contribution >= 4 is 17.6 Å². The fourth-order valence-corrected chi connectivity index (χ4v) is 1.97. The zero-order valence-corrected chi connectivity index (χ0v) is 11.4. The topological polar surface area (TPSA) is 71.3 Å². The van der Waals surface area contributed by atoms with Crippen LogP contribution >= 0.6 is 0 Å². The van der Waals surface area contributed by atoms with Crippen molar-refractivity contribution in [3.63, 3.8) is 0 Å². The van der Waals surface area contributed by atoms with E-state index < -0.39 is 11.8 Å². The fourth-order valence-electron chi connectivity index (χ4n) is 1.97. The zero-order chi connectivity index (χ0) is 15.4. The minimum Gasteiger partial charge on any atom is -0.478 e. The second-order valence-electron chi connectivity index (χ2n) is 4.73. The second-order valence-corrected chi connectivity index (χ2v) is 4.73. The minimum absolute atomic E-state index is 0.0780. The van der Waals surface area contributed by atoms with E-state index in [1.807, 2.05) is 36.0 Å². The highest BCUT2D eigenvalue weighted by Crippen LogP contribution is 2.18. The molecule has 0 aliphatic carbocycles. The number of anilines is 1. The molecule has 0 bridgehead atoms. The number of carbonyl (C=O) groups excluding carboxylic acids is 1. The van der Waals surface area contributed by atoms with Crippen LogP contribution in [0.4, 0.5) is 10.1 Å². The number of amides is 1. The molecular weight excluding hydrogens is 275 g/mol. The molecule has 0 saturated carbocycles. The molecule has 110 valence electrons. The van der Waals surface area contributed by atoms with Gasteiger partial charge in [0.1, 0.15) is 5.82 Å². The Morgan fingerprint density at radius 3 is 2.62 bits per heavy atom. The van der Waals surface area contributed by atoms with Crippen molar-refractivity contribution in [2.24, 2.45) is 0 Å². The quantitative estimate of drug-likeness (QED) is 0.889. The first-order valence-corrected chi connectivity index (χ1v) is 6.42. The van der Waals surface area contributed by atoms with E-state index in [4.69, 9.17) is 5.11 Å². The van der Waals surface area contributed by atoms with Crippen LogP contribution in [0.1, 0.15) is 29.7 Å². The third-order valence-corrected chi connectivity index (χ3v) is 3.10. The lowest BCUT2D eigenvalue weighted by Gasteiger charge is -2.14. The molecule has 1 aromatic carbocycles. The van der Waals surface area contributed by atoms with Gasteiger partial charge in [-0.3, -0.25) is 4.79 Å². The molecular formula is C15H15FN2O3. The first-order chi connectivity index (χ1) is 9.97. The molecule has 0 fully saturated rings. The molecule has 0 saturated heterocycles. The van der Waals surface area contributed by atoms with Crippen LogP contribution in [-0.4, -0.2) is 21.6 Å². The number of rotatable bonds is 5. The molecule has 1 amide bonds. The molecule has 1 heterocycles. The van der Waals surface area contributed by atoms with Crippen molar-refractivity contribution in [1.29, 1.82) is 0 Å². The molecule has 5 nitrogen and oxygen atoms in total. The van der Waals surface area contributed by atoms with Gasteiger partial charge in [-0.1, -0.05) is 0 Å². The number of hydrogen-bond donors (Lipinski definition) is 2. The van der Waals surface area contributed by atoms with Crippen molar-refractivity contribution in [1.82, 2.24) is 4.57 Å². The minimum atomic E-state index is -1.17. The van der Waals surface area contributed by atoms with Gasteiger partial charge in [-0.25, -0.2) is 9.18 Å². The van der Waals surface area contributed by atoms with Crippen LogP contribution in [0, 0.1) is 5.82 Å². The summed E-state index contributed by atoms with van der Waals surface area (Å²) in [6, 6.07) is 6.90. The molecule has 0 aliphatic heterocycles. The van der Waals surface area contributed by atoms with Crippen molar-refractivity contribution in [3.05, 3.63) is 54.1 Å². The highest BCUT2D eigenvalue weighted by Gasteiger charge is 2.14. The van der Waals surface area contributed by atoms with E-state index in [9.17, 15) is 14.0 Å². The largest absolute Gasteiger partial charge is 0.478 e. The lowest BCUT2D eigenvalue weighted by atomic mass is 10.1. The van der Waals surface area contributed by atoms with Crippen molar-refractivity contribution in [3.8, 4) is 0 Å². The molecule has 2 aromatic rings. The van der Waals surface area contributed by atoms with Crippen LogP contribution in [0.3, 0.4) is 0 Å². The van der Waals surface area contributed by atoms with Gasteiger partial charge in [0.15, 0.2) is 0 Å². The van der Waals surface area contributed by atoms with Gasteiger partial charge in [0.05, 0.1) is 11.3 Å². The third-order valence-electron chi connectivity index (χ3n) is 3.10. The molecule has 1 aromatic heterocycles. The van der Waals surface area contributed by atoms with Gasteiger partial charge >= 0.3 is 5.97 Å². The molecule has 0 spiro atoms. The first-order valence-electron chi connectivity index (χ1n) is 6.42. The Bertz CT molecular complexity index is 653. The van der Waals surface area contributed by atoms with E-state index in [0.29, 0.717) is 0 Å². The molecule has 0 radical (unpaired) electrons. The summed E-state index contributed by atoms with van der Waals surface area (Å²) in [6.07, 6.45) is 3.83. The standard InChI is InChI=1S/C15H15FN2O3/c1-10(18-6-2-3-7-18)8-14(19)17-13-9-11(15(20)21)4-5-12(13)16/h2-7,9-10H,8H2,1H3,(H,17,19)(H,20,21)/t10-/m0/s1. The predicted octanol–water partition coefficient (Wildman–Crippen LogP) is 2.92. The Morgan fingerprint density at radius 1 is 1.33 bits per heavy atom. The van der Waals surface area contributed by atoms with Crippen LogP contribution in [0.15, 0.2) is 42.7 Å². The smallest absolute Gasteiger partial charge is 0.335 e. The van der Waals surface area contributed by atoms with Crippen molar-refractivity contribution < 1.29 is 19.1 Å². The van der Waals surface area contributed by atoms with Gasteiger partial charge in [0.2, 0.25) is 5.91 Å². The first kappa shape index (κ1) is 14.8. The van der Waals surface area contributed by atoms with E-state index in [2.05, 4.69) is 5.32 Å². The maximum absolute atomic E-state index is 13.6. The number of nitrogens with one attached hydrogen (secondary N) is 1. The lowest BCUT2D eigenvalue weighted by Crippen LogP contribution is -2.18. The zero-order valence-electron chi connectivity index (χ0n) is 11.4. The summed E-state index contributed by atoms with van der Waals surface area (Å²) in [4.78, 5) is 22.8. The Balaban J connectivity index is 2.05. The molecule has 0 aliphatic rings. The summed E-state index contributed by atoms with van der Waals surface area (Å²) >= 11 is 0. The van der Waals surface area contributed by atoms with E-state index >= 15 is 0 Å². The highest BCUT2D eigenvalue weighted by atomic mass is 19.1. The number of carboxylic acids is 1. The Morgan fingerprint density at radius 2 is 2.00 bits per heavy atom. The monoisotopic (exact) mass is 290 g/mol. The molecule has 21 heavy (non-hydrogen) atoms. The van der Waals surface area contributed by atoms with E-state index in [1.165, 1.54) is 0 Å². The Kier molecular flexibility index (Phi) is 4.37.